The van der Waals surface area contributed by atoms with Gasteiger partial charge in [-0.05, 0) is 64.2 Å². The summed E-state index contributed by atoms with van der Waals surface area (Å²) in [5, 5.41) is 12.6. The van der Waals surface area contributed by atoms with Crippen LogP contribution in [0, 0.1) is 12.8 Å². The predicted octanol–water partition coefficient (Wildman–Crippen LogP) is 3.84. The summed E-state index contributed by atoms with van der Waals surface area (Å²) < 4.78 is 46.7. The summed E-state index contributed by atoms with van der Waals surface area (Å²) in [4.78, 5) is 38.9. The predicted molar refractivity (Wildman–Crippen MR) is 136 cm³/mol. The second kappa shape index (κ2) is 10.1. The van der Waals surface area contributed by atoms with Gasteiger partial charge in [-0.15, -0.1) is 0 Å². The number of ether oxygens (including phenoxy) is 1. The number of carbonyl (C=O) groups excluding carboxylic acids is 2. The number of aliphatic hydroxyl groups is 1. The van der Waals surface area contributed by atoms with E-state index in [1.807, 2.05) is 6.92 Å². The molecule has 12 heteroatoms. The first-order valence-corrected chi connectivity index (χ1v) is 12.9. The number of fused-ring (bicyclic) bond motifs is 1. The standard InChI is InChI=1S/C27H30F3N5O4/c1-13-8-18(10-35(13)26(38)15(3)36)34-25(37)21-14(2)33-24-22(31-12-32-23(21)24)19-9-17(27(28,29)30)6-7-20(19)39-11-16-4-5-16/h6-7,9,12-13,15-16,18,33,36H,4-5,8,10-11H2,1-3H3,(H,34,37)/t13-,15-,18-/m0/s1. The third-order valence-corrected chi connectivity index (χ3v) is 7.28. The highest BCUT2D eigenvalue weighted by Crippen LogP contribution is 2.40. The van der Waals surface area contributed by atoms with Crippen molar-refractivity contribution >= 4 is 22.8 Å². The number of nitrogens with one attached hydrogen (secondary N) is 2. The summed E-state index contributed by atoms with van der Waals surface area (Å²) in [6.07, 6.45) is -1.93. The fraction of sp³-hybridized carbons (Fsp3) is 0.481. The zero-order chi connectivity index (χ0) is 28.1. The van der Waals surface area contributed by atoms with Crippen molar-refractivity contribution in [2.45, 2.75) is 64.4 Å². The first-order chi connectivity index (χ1) is 18.4. The number of aromatic amines is 1. The number of aromatic nitrogens is 3. The van der Waals surface area contributed by atoms with Gasteiger partial charge in [-0.3, -0.25) is 9.59 Å². The molecule has 3 heterocycles. The van der Waals surface area contributed by atoms with E-state index < -0.39 is 29.7 Å². The van der Waals surface area contributed by atoms with Crippen LogP contribution in [0.5, 0.6) is 5.75 Å². The molecule has 39 heavy (non-hydrogen) atoms. The quantitative estimate of drug-likeness (QED) is 0.415. The van der Waals surface area contributed by atoms with Crippen LogP contribution in [0.3, 0.4) is 0 Å². The average Bonchev–Trinajstić information content (AvgIpc) is 3.54. The number of alkyl halides is 3. The zero-order valence-corrected chi connectivity index (χ0v) is 21.8. The molecule has 3 N–H and O–H groups in total. The van der Waals surface area contributed by atoms with Crippen molar-refractivity contribution in [1.82, 2.24) is 25.2 Å². The molecule has 2 fully saturated rings. The topological polar surface area (TPSA) is 120 Å². The van der Waals surface area contributed by atoms with Crippen LogP contribution in [0.4, 0.5) is 13.2 Å². The van der Waals surface area contributed by atoms with Gasteiger partial charge in [0.05, 0.1) is 23.3 Å². The van der Waals surface area contributed by atoms with Gasteiger partial charge in [0, 0.05) is 29.9 Å². The number of aryl methyl sites for hydroxylation is 1. The number of carbonyl (C=O) groups is 2. The summed E-state index contributed by atoms with van der Waals surface area (Å²) >= 11 is 0. The Morgan fingerprint density at radius 2 is 2.03 bits per heavy atom. The van der Waals surface area contributed by atoms with Crippen LogP contribution in [0.25, 0.3) is 22.3 Å². The summed E-state index contributed by atoms with van der Waals surface area (Å²) in [5.41, 5.74) is 0.819. The van der Waals surface area contributed by atoms with Crippen molar-refractivity contribution in [1.29, 1.82) is 0 Å². The number of halogens is 3. The van der Waals surface area contributed by atoms with Gasteiger partial charge >= 0.3 is 6.18 Å². The number of hydrogen-bond acceptors (Lipinski definition) is 6. The highest BCUT2D eigenvalue weighted by molar-refractivity contribution is 6.09. The highest BCUT2D eigenvalue weighted by atomic mass is 19.4. The van der Waals surface area contributed by atoms with E-state index in [2.05, 4.69) is 20.3 Å². The van der Waals surface area contributed by atoms with E-state index in [-0.39, 0.29) is 46.7 Å². The molecule has 3 atom stereocenters. The van der Waals surface area contributed by atoms with Crippen molar-refractivity contribution in [3.8, 4) is 17.0 Å². The number of H-pyrrole nitrogens is 1. The molecule has 0 unspecified atom stereocenters. The van der Waals surface area contributed by atoms with Crippen molar-refractivity contribution in [3.63, 3.8) is 0 Å². The Kier molecular flexibility index (Phi) is 7.00. The number of rotatable bonds is 7. The molecule has 1 aromatic carbocycles. The zero-order valence-electron chi connectivity index (χ0n) is 21.8. The first-order valence-electron chi connectivity index (χ1n) is 12.9. The number of aliphatic hydroxyl groups excluding tert-OH is 1. The van der Waals surface area contributed by atoms with Crippen molar-refractivity contribution in [2.75, 3.05) is 13.2 Å². The number of amides is 2. The molecule has 3 aromatic rings. The van der Waals surface area contributed by atoms with Crippen LogP contribution in [-0.2, 0) is 11.0 Å². The second-order valence-corrected chi connectivity index (χ2v) is 10.5. The van der Waals surface area contributed by atoms with E-state index in [1.165, 1.54) is 24.2 Å². The summed E-state index contributed by atoms with van der Waals surface area (Å²) in [7, 11) is 0. The van der Waals surface area contributed by atoms with Crippen LogP contribution in [0.2, 0.25) is 0 Å². The number of hydrogen-bond donors (Lipinski definition) is 3. The maximum absolute atomic E-state index is 13.6. The lowest BCUT2D eigenvalue weighted by molar-refractivity contribution is -0.140. The molecule has 5 rings (SSSR count). The van der Waals surface area contributed by atoms with Gasteiger partial charge in [0.25, 0.3) is 11.8 Å². The molecule has 0 bridgehead atoms. The minimum absolute atomic E-state index is 0.156. The Labute approximate surface area is 222 Å². The SMILES string of the molecule is Cc1[nH]c2c(-c3cc(C(F)(F)F)ccc3OCC3CC3)ncnc2c1C(=O)N[C@H]1C[C@H](C)N(C(=O)[C@H](C)O)C1. The van der Waals surface area contributed by atoms with Gasteiger partial charge in [-0.25, -0.2) is 9.97 Å². The largest absolute Gasteiger partial charge is 0.493 e. The third kappa shape index (κ3) is 5.42. The number of nitrogens with zero attached hydrogens (tertiary/aromatic N) is 3. The van der Waals surface area contributed by atoms with E-state index in [1.54, 1.807) is 6.92 Å². The fourth-order valence-corrected chi connectivity index (χ4v) is 5.05. The molecule has 2 aliphatic rings. The second-order valence-electron chi connectivity index (χ2n) is 10.5. The maximum atomic E-state index is 13.6. The molecule has 1 aliphatic carbocycles. The Balaban J connectivity index is 1.48. The Bertz CT molecular complexity index is 1420. The normalized spacial score (nSPS) is 20.3. The minimum Gasteiger partial charge on any atom is -0.493 e. The van der Waals surface area contributed by atoms with Gasteiger partial charge in [0.15, 0.2) is 0 Å². The van der Waals surface area contributed by atoms with Gasteiger partial charge in [-0.1, -0.05) is 0 Å². The lowest BCUT2D eigenvalue weighted by atomic mass is 10.0. The van der Waals surface area contributed by atoms with Crippen molar-refractivity contribution < 1.29 is 32.6 Å². The summed E-state index contributed by atoms with van der Waals surface area (Å²) in [5.74, 6) is -0.170. The molecular weight excluding hydrogens is 515 g/mol. The van der Waals surface area contributed by atoms with Crippen LogP contribution >= 0.6 is 0 Å². The maximum Gasteiger partial charge on any atom is 0.416 e. The molecule has 1 saturated carbocycles. The van der Waals surface area contributed by atoms with Gasteiger partial charge < -0.3 is 25.0 Å². The van der Waals surface area contributed by atoms with Crippen molar-refractivity contribution in [2.24, 2.45) is 5.92 Å². The van der Waals surface area contributed by atoms with Gasteiger partial charge in [0.2, 0.25) is 0 Å². The van der Waals surface area contributed by atoms with E-state index in [0.29, 0.717) is 30.2 Å². The van der Waals surface area contributed by atoms with Crippen LogP contribution in [0.15, 0.2) is 24.5 Å². The molecule has 2 aromatic heterocycles. The Morgan fingerprint density at radius 3 is 2.69 bits per heavy atom. The molecule has 1 saturated heterocycles. The van der Waals surface area contributed by atoms with Crippen LogP contribution < -0.4 is 10.1 Å². The van der Waals surface area contributed by atoms with Crippen LogP contribution in [0.1, 0.15) is 54.7 Å². The summed E-state index contributed by atoms with van der Waals surface area (Å²) in [6.45, 7) is 5.58. The van der Waals surface area contributed by atoms with E-state index in [0.717, 1.165) is 25.0 Å². The molecule has 1 aliphatic heterocycles. The summed E-state index contributed by atoms with van der Waals surface area (Å²) in [6, 6.07) is 2.79. The molecule has 2 amide bonds. The third-order valence-electron chi connectivity index (χ3n) is 7.28. The van der Waals surface area contributed by atoms with Gasteiger partial charge in [-0.2, -0.15) is 13.2 Å². The molecule has 9 nitrogen and oxygen atoms in total. The van der Waals surface area contributed by atoms with E-state index in [4.69, 9.17) is 4.74 Å². The van der Waals surface area contributed by atoms with E-state index >= 15 is 0 Å². The lowest BCUT2D eigenvalue weighted by Gasteiger charge is -2.22. The van der Waals surface area contributed by atoms with E-state index in [9.17, 15) is 27.9 Å². The molecular formula is C27H30F3N5O4. The minimum atomic E-state index is -4.56. The monoisotopic (exact) mass is 545 g/mol. The molecule has 0 radical (unpaired) electrons. The highest BCUT2D eigenvalue weighted by Gasteiger charge is 2.36. The average molecular weight is 546 g/mol. The number of likely N-dealkylation sites (tertiary alicyclic amines) is 1. The first kappa shape index (κ1) is 26.9. The smallest absolute Gasteiger partial charge is 0.416 e. The number of benzene rings is 1. The Hall–Kier alpha value is -3.67. The molecule has 0 spiro atoms. The Morgan fingerprint density at radius 1 is 1.28 bits per heavy atom. The lowest BCUT2D eigenvalue weighted by Crippen LogP contribution is -2.42. The van der Waals surface area contributed by atoms with Gasteiger partial charge in [0.1, 0.15) is 29.4 Å². The molecule has 208 valence electrons. The van der Waals surface area contributed by atoms with Crippen LogP contribution in [-0.4, -0.2) is 68.1 Å². The fourth-order valence-electron chi connectivity index (χ4n) is 5.05. The van der Waals surface area contributed by atoms with Crippen molar-refractivity contribution in [3.05, 3.63) is 41.3 Å².